The van der Waals surface area contributed by atoms with Gasteiger partial charge < -0.3 is 10.1 Å². The Bertz CT molecular complexity index is 709. The molecule has 3 rings (SSSR count). The molecule has 2 N–H and O–H groups in total. The van der Waals surface area contributed by atoms with Gasteiger partial charge >= 0.3 is 0 Å². The Morgan fingerprint density at radius 1 is 1.24 bits per heavy atom. The van der Waals surface area contributed by atoms with Gasteiger partial charge in [0.2, 0.25) is 0 Å². The number of benzene rings is 1. The molecular formula is C16H17N4O. The summed E-state index contributed by atoms with van der Waals surface area (Å²) >= 11 is 0. The minimum absolute atomic E-state index is 0.714. The van der Waals surface area contributed by atoms with E-state index in [0.717, 1.165) is 41.1 Å². The highest BCUT2D eigenvalue weighted by Crippen LogP contribution is 2.26. The third-order valence-electron chi connectivity index (χ3n) is 3.13. The summed E-state index contributed by atoms with van der Waals surface area (Å²) in [5.41, 5.74) is 1.98. The number of fused-ring (bicyclic) bond motifs is 1. The van der Waals surface area contributed by atoms with Gasteiger partial charge in [0.15, 0.2) is 0 Å². The minimum atomic E-state index is 0.714. The highest BCUT2D eigenvalue weighted by Gasteiger charge is 2.07. The van der Waals surface area contributed by atoms with Crippen LogP contribution < -0.4 is 10.1 Å². The van der Waals surface area contributed by atoms with E-state index in [-0.39, 0.29) is 0 Å². The molecule has 1 aromatic carbocycles. The van der Waals surface area contributed by atoms with Crippen LogP contribution in [0.25, 0.3) is 10.9 Å². The molecule has 0 aliphatic heterocycles. The number of hydrogen-bond donors (Lipinski definition) is 2. The lowest BCUT2D eigenvalue weighted by molar-refractivity contribution is 0.481. The van der Waals surface area contributed by atoms with Gasteiger partial charge in [0.1, 0.15) is 11.5 Å². The highest BCUT2D eigenvalue weighted by atomic mass is 16.5. The van der Waals surface area contributed by atoms with Crippen molar-refractivity contribution in [3.8, 4) is 11.5 Å². The number of ether oxygens (including phenoxy) is 1. The molecule has 2 aromatic heterocycles. The van der Waals surface area contributed by atoms with E-state index in [1.54, 1.807) is 12.4 Å². The summed E-state index contributed by atoms with van der Waals surface area (Å²) in [5.74, 6) is 1.49. The molecule has 0 aliphatic rings. The number of nitrogens with zero attached hydrogens (tertiary/aromatic N) is 2. The summed E-state index contributed by atoms with van der Waals surface area (Å²) in [6.07, 6.45) is 4.27. The van der Waals surface area contributed by atoms with E-state index in [1.807, 2.05) is 30.3 Å². The minimum Gasteiger partial charge on any atom is -0.456 e. The molecule has 0 atom stereocenters. The third kappa shape index (κ3) is 3.20. The van der Waals surface area contributed by atoms with E-state index in [1.165, 1.54) is 0 Å². The van der Waals surface area contributed by atoms with Crippen LogP contribution in [0.15, 0.2) is 42.7 Å². The highest BCUT2D eigenvalue weighted by molar-refractivity contribution is 5.82. The van der Waals surface area contributed by atoms with Crippen LogP contribution >= 0.6 is 0 Å². The molecule has 0 saturated carbocycles. The van der Waals surface area contributed by atoms with Crippen molar-refractivity contribution >= 4 is 10.9 Å². The maximum Gasteiger partial charge on any atom is 0.145 e. The van der Waals surface area contributed by atoms with Gasteiger partial charge in [-0.3, -0.25) is 10.1 Å². The predicted octanol–water partition coefficient (Wildman–Crippen LogP) is 3.06. The van der Waals surface area contributed by atoms with E-state index < -0.39 is 0 Å². The molecule has 0 fully saturated rings. The Kier molecular flexibility index (Phi) is 4.12. The molecule has 0 saturated heterocycles. The van der Waals surface area contributed by atoms with Crippen LogP contribution in [0.2, 0.25) is 0 Å². The SMILES string of the molecule is [CH2]CCNCc1n[nH]c2ccc(Oc3cccnc3)cc12. The van der Waals surface area contributed by atoms with E-state index >= 15 is 0 Å². The average Bonchev–Trinajstić information content (AvgIpc) is 2.91. The molecule has 0 aliphatic carbocycles. The van der Waals surface area contributed by atoms with Crippen LogP contribution in [0.1, 0.15) is 12.1 Å². The number of hydrogen-bond acceptors (Lipinski definition) is 4. The van der Waals surface area contributed by atoms with Crippen molar-refractivity contribution < 1.29 is 4.74 Å². The van der Waals surface area contributed by atoms with E-state index in [0.29, 0.717) is 6.54 Å². The molecule has 107 valence electrons. The summed E-state index contributed by atoms with van der Waals surface area (Å²) in [6, 6.07) is 9.61. The van der Waals surface area contributed by atoms with E-state index in [4.69, 9.17) is 4.74 Å². The van der Waals surface area contributed by atoms with Gasteiger partial charge in [-0.1, -0.05) is 6.92 Å². The quantitative estimate of drug-likeness (QED) is 0.682. The van der Waals surface area contributed by atoms with Gasteiger partial charge in [-0.05, 0) is 43.3 Å². The smallest absolute Gasteiger partial charge is 0.145 e. The van der Waals surface area contributed by atoms with Gasteiger partial charge in [-0.25, -0.2) is 0 Å². The topological polar surface area (TPSA) is 62.8 Å². The number of H-pyrrole nitrogens is 1. The standard InChI is InChI=1S/C16H17N4O/c1-2-7-17-11-16-14-9-12(5-6-15(14)19-20-16)21-13-4-3-8-18-10-13/h3-6,8-10,17H,1-2,7,11H2,(H,19,20). The molecule has 1 radical (unpaired) electrons. The number of aromatic amines is 1. The lowest BCUT2D eigenvalue weighted by Crippen LogP contribution is -2.14. The van der Waals surface area contributed by atoms with Crippen LogP contribution in [-0.4, -0.2) is 21.7 Å². The van der Waals surface area contributed by atoms with Crippen molar-refractivity contribution in [2.75, 3.05) is 6.54 Å². The number of aromatic nitrogens is 3. The monoisotopic (exact) mass is 281 g/mol. The first-order valence-corrected chi connectivity index (χ1v) is 6.91. The average molecular weight is 281 g/mol. The first-order chi connectivity index (χ1) is 10.4. The Balaban J connectivity index is 1.82. The molecule has 0 bridgehead atoms. The van der Waals surface area contributed by atoms with Crippen molar-refractivity contribution in [2.24, 2.45) is 0 Å². The molecule has 0 unspecified atom stereocenters. The van der Waals surface area contributed by atoms with Gasteiger partial charge in [0, 0.05) is 18.1 Å². The second-order valence-electron chi connectivity index (χ2n) is 4.70. The molecule has 0 amide bonds. The fourth-order valence-corrected chi connectivity index (χ4v) is 2.12. The molecule has 0 spiro atoms. The fourth-order valence-electron chi connectivity index (χ4n) is 2.12. The number of nitrogens with one attached hydrogen (secondary N) is 2. The van der Waals surface area contributed by atoms with Gasteiger partial charge in [0.25, 0.3) is 0 Å². The van der Waals surface area contributed by atoms with Gasteiger partial charge in [0.05, 0.1) is 17.4 Å². The van der Waals surface area contributed by atoms with E-state index in [9.17, 15) is 0 Å². The van der Waals surface area contributed by atoms with Crippen molar-refractivity contribution in [3.63, 3.8) is 0 Å². The number of rotatable bonds is 6. The van der Waals surface area contributed by atoms with Crippen LogP contribution in [-0.2, 0) is 6.54 Å². The molecular weight excluding hydrogens is 264 g/mol. The van der Waals surface area contributed by atoms with Gasteiger partial charge in [-0.15, -0.1) is 0 Å². The maximum atomic E-state index is 5.80. The second kappa shape index (κ2) is 6.37. The van der Waals surface area contributed by atoms with Crippen LogP contribution in [0.5, 0.6) is 11.5 Å². The predicted molar refractivity (Wildman–Crippen MR) is 82.1 cm³/mol. The summed E-state index contributed by atoms with van der Waals surface area (Å²) in [5, 5.41) is 11.7. The zero-order valence-corrected chi connectivity index (χ0v) is 11.7. The van der Waals surface area contributed by atoms with Gasteiger partial charge in [-0.2, -0.15) is 5.10 Å². The van der Waals surface area contributed by atoms with Crippen LogP contribution in [0, 0.1) is 6.92 Å². The van der Waals surface area contributed by atoms with Crippen molar-refractivity contribution in [1.29, 1.82) is 0 Å². The summed E-state index contributed by atoms with van der Waals surface area (Å²) in [6.45, 7) is 5.40. The summed E-state index contributed by atoms with van der Waals surface area (Å²) in [4.78, 5) is 4.04. The second-order valence-corrected chi connectivity index (χ2v) is 4.70. The van der Waals surface area contributed by atoms with E-state index in [2.05, 4.69) is 27.4 Å². The molecule has 3 aromatic rings. The zero-order chi connectivity index (χ0) is 14.5. The Morgan fingerprint density at radius 3 is 3.00 bits per heavy atom. The first kappa shape index (κ1) is 13.6. The summed E-state index contributed by atoms with van der Waals surface area (Å²) < 4.78 is 5.80. The first-order valence-electron chi connectivity index (χ1n) is 6.91. The molecule has 2 heterocycles. The molecule has 5 heteroatoms. The Morgan fingerprint density at radius 2 is 2.19 bits per heavy atom. The van der Waals surface area contributed by atoms with Crippen LogP contribution in [0.3, 0.4) is 0 Å². The maximum absolute atomic E-state index is 5.80. The fraction of sp³-hybridized carbons (Fsp3) is 0.188. The summed E-state index contributed by atoms with van der Waals surface area (Å²) in [7, 11) is 0. The third-order valence-corrected chi connectivity index (χ3v) is 3.13. The normalized spacial score (nSPS) is 10.9. The number of pyridine rings is 1. The lowest BCUT2D eigenvalue weighted by atomic mass is 10.2. The van der Waals surface area contributed by atoms with Crippen molar-refractivity contribution in [3.05, 3.63) is 55.3 Å². The Labute approximate surface area is 123 Å². The largest absolute Gasteiger partial charge is 0.456 e. The lowest BCUT2D eigenvalue weighted by Gasteiger charge is -2.05. The Hall–Kier alpha value is -2.40. The van der Waals surface area contributed by atoms with Crippen molar-refractivity contribution in [2.45, 2.75) is 13.0 Å². The molecule has 21 heavy (non-hydrogen) atoms. The van der Waals surface area contributed by atoms with Crippen LogP contribution in [0.4, 0.5) is 0 Å². The van der Waals surface area contributed by atoms with Crippen molar-refractivity contribution in [1.82, 2.24) is 20.5 Å². The molecule has 5 nitrogen and oxygen atoms in total. The zero-order valence-electron chi connectivity index (χ0n) is 11.7.